The molecule has 3 aromatic carbocycles. The maximum Gasteiger partial charge on any atom is 0.325 e. The lowest BCUT2D eigenvalue weighted by Crippen LogP contribution is -2.61. The van der Waals surface area contributed by atoms with Gasteiger partial charge in [-0.2, -0.15) is 0 Å². The van der Waals surface area contributed by atoms with Gasteiger partial charge in [0.25, 0.3) is 0 Å². The van der Waals surface area contributed by atoms with E-state index in [1.807, 2.05) is 91.0 Å². The van der Waals surface area contributed by atoms with Crippen LogP contribution in [0.25, 0.3) is 0 Å². The van der Waals surface area contributed by atoms with Crippen molar-refractivity contribution in [3.63, 3.8) is 0 Å². The van der Waals surface area contributed by atoms with Crippen molar-refractivity contribution in [2.75, 3.05) is 6.54 Å². The molecule has 8 heteroatoms. The van der Waals surface area contributed by atoms with Crippen LogP contribution in [-0.4, -0.2) is 46.1 Å². The Morgan fingerprint density at radius 1 is 0.821 bits per heavy atom. The molecule has 1 aliphatic heterocycles. The van der Waals surface area contributed by atoms with Crippen LogP contribution in [0, 0.1) is 0 Å². The van der Waals surface area contributed by atoms with Crippen LogP contribution in [0.3, 0.4) is 0 Å². The molecule has 2 atom stereocenters. The van der Waals surface area contributed by atoms with E-state index >= 15 is 0 Å². The van der Waals surface area contributed by atoms with Crippen molar-refractivity contribution in [1.29, 1.82) is 0 Å². The Bertz CT molecular complexity index is 1220. The van der Waals surface area contributed by atoms with Crippen LogP contribution < -0.4 is 5.43 Å². The van der Waals surface area contributed by atoms with E-state index in [-0.39, 0.29) is 32.5 Å². The first kappa shape index (κ1) is 28.0. The number of carbonyl (C=O) groups excluding carboxylic acids is 2. The molecule has 0 radical (unpaired) electrons. The summed E-state index contributed by atoms with van der Waals surface area (Å²) in [6.45, 7) is 0.659. The van der Waals surface area contributed by atoms with E-state index in [2.05, 4.69) is 5.43 Å². The van der Waals surface area contributed by atoms with Gasteiger partial charge in [0.05, 0.1) is 0 Å². The van der Waals surface area contributed by atoms with E-state index in [4.69, 9.17) is 9.47 Å². The lowest BCUT2D eigenvalue weighted by molar-refractivity contribution is -0.158. The SMILES string of the molecule is O=C(CC[C@H](NN1CCC[C@@]1(Cc1ccccc1)C(=O)O)C(=O)OCc1ccccc1)OCc1ccccc1. The Kier molecular flexibility index (Phi) is 9.83. The Balaban J connectivity index is 1.45. The third kappa shape index (κ3) is 7.75. The van der Waals surface area contributed by atoms with Crippen molar-refractivity contribution in [2.24, 2.45) is 0 Å². The fourth-order valence-electron chi connectivity index (χ4n) is 4.81. The molecule has 0 amide bonds. The third-order valence-electron chi connectivity index (χ3n) is 6.93. The first-order chi connectivity index (χ1) is 19.0. The largest absolute Gasteiger partial charge is 0.480 e. The van der Waals surface area contributed by atoms with Crippen LogP contribution in [-0.2, 0) is 43.5 Å². The average molecular weight is 531 g/mol. The molecule has 39 heavy (non-hydrogen) atoms. The van der Waals surface area contributed by atoms with Gasteiger partial charge in [-0.3, -0.25) is 14.4 Å². The van der Waals surface area contributed by atoms with E-state index in [1.165, 1.54) is 0 Å². The first-order valence-corrected chi connectivity index (χ1v) is 13.2. The van der Waals surface area contributed by atoms with E-state index < -0.39 is 29.5 Å². The Hall–Kier alpha value is -4.01. The van der Waals surface area contributed by atoms with Gasteiger partial charge in [-0.15, -0.1) is 0 Å². The van der Waals surface area contributed by atoms with Crippen LogP contribution in [0.2, 0.25) is 0 Å². The number of nitrogens with zero attached hydrogens (tertiary/aromatic N) is 1. The van der Waals surface area contributed by atoms with E-state index in [0.29, 0.717) is 19.4 Å². The number of aliphatic carboxylic acids is 1. The minimum absolute atomic E-state index is 0.0302. The second-order valence-corrected chi connectivity index (χ2v) is 9.71. The van der Waals surface area contributed by atoms with Gasteiger partial charge in [-0.05, 0) is 36.0 Å². The fraction of sp³-hybridized carbons (Fsp3) is 0.323. The summed E-state index contributed by atoms with van der Waals surface area (Å²) in [5.41, 5.74) is 4.50. The summed E-state index contributed by atoms with van der Waals surface area (Å²) in [6, 6.07) is 27.2. The van der Waals surface area contributed by atoms with Gasteiger partial charge in [0.2, 0.25) is 0 Å². The molecule has 0 spiro atoms. The summed E-state index contributed by atoms with van der Waals surface area (Å²) >= 11 is 0. The van der Waals surface area contributed by atoms with Crippen molar-refractivity contribution in [3.05, 3.63) is 108 Å². The highest BCUT2D eigenvalue weighted by atomic mass is 16.5. The molecular weight excluding hydrogens is 496 g/mol. The zero-order chi connectivity index (χ0) is 27.5. The van der Waals surface area contributed by atoms with Crippen LogP contribution in [0.15, 0.2) is 91.0 Å². The predicted molar refractivity (Wildman–Crippen MR) is 145 cm³/mol. The van der Waals surface area contributed by atoms with Crippen molar-refractivity contribution in [1.82, 2.24) is 10.4 Å². The van der Waals surface area contributed by atoms with E-state index in [9.17, 15) is 19.5 Å². The summed E-state index contributed by atoms with van der Waals surface area (Å²) in [7, 11) is 0. The fourth-order valence-corrected chi connectivity index (χ4v) is 4.81. The van der Waals surface area contributed by atoms with Crippen molar-refractivity contribution >= 4 is 17.9 Å². The van der Waals surface area contributed by atoms with E-state index in [1.54, 1.807) is 5.01 Å². The number of carbonyl (C=O) groups is 3. The molecule has 0 saturated carbocycles. The summed E-state index contributed by atoms with van der Waals surface area (Å²) in [5.74, 6) is -1.97. The number of rotatable bonds is 13. The van der Waals surface area contributed by atoms with Crippen LogP contribution in [0.4, 0.5) is 0 Å². The lowest BCUT2D eigenvalue weighted by atomic mass is 9.89. The molecule has 1 fully saturated rings. The molecular formula is C31H34N2O6. The van der Waals surface area contributed by atoms with Gasteiger partial charge < -0.3 is 14.6 Å². The maximum absolute atomic E-state index is 13.2. The number of carboxylic acids is 1. The van der Waals surface area contributed by atoms with Crippen LogP contribution in [0.1, 0.15) is 42.4 Å². The molecule has 204 valence electrons. The van der Waals surface area contributed by atoms with Gasteiger partial charge in [-0.25, -0.2) is 10.4 Å². The Morgan fingerprint density at radius 3 is 1.92 bits per heavy atom. The predicted octanol–water partition coefficient (Wildman–Crippen LogP) is 4.29. The zero-order valence-electron chi connectivity index (χ0n) is 21.8. The third-order valence-corrected chi connectivity index (χ3v) is 6.93. The second-order valence-electron chi connectivity index (χ2n) is 9.71. The molecule has 0 aromatic heterocycles. The van der Waals surface area contributed by atoms with Gasteiger partial charge in [0.15, 0.2) is 0 Å². The molecule has 1 saturated heterocycles. The van der Waals surface area contributed by atoms with Gasteiger partial charge in [-0.1, -0.05) is 91.0 Å². The van der Waals surface area contributed by atoms with Crippen LogP contribution >= 0.6 is 0 Å². The molecule has 2 N–H and O–H groups in total. The summed E-state index contributed by atoms with van der Waals surface area (Å²) in [6.07, 6.45) is 1.42. The average Bonchev–Trinajstić information content (AvgIpc) is 3.37. The number of hydrogen-bond acceptors (Lipinski definition) is 7. The van der Waals surface area contributed by atoms with Gasteiger partial charge in [0.1, 0.15) is 24.8 Å². The summed E-state index contributed by atoms with van der Waals surface area (Å²) < 4.78 is 11.0. The first-order valence-electron chi connectivity index (χ1n) is 13.2. The Morgan fingerprint density at radius 2 is 1.36 bits per heavy atom. The molecule has 0 unspecified atom stereocenters. The normalized spacial score (nSPS) is 17.8. The molecule has 1 aliphatic rings. The zero-order valence-corrected chi connectivity index (χ0v) is 21.8. The molecule has 8 nitrogen and oxygen atoms in total. The number of benzene rings is 3. The van der Waals surface area contributed by atoms with E-state index in [0.717, 1.165) is 16.7 Å². The Labute approximate surface area is 228 Å². The summed E-state index contributed by atoms with van der Waals surface area (Å²) in [5, 5.41) is 12.0. The molecule has 1 heterocycles. The number of hydrazine groups is 1. The van der Waals surface area contributed by atoms with Gasteiger partial charge in [0, 0.05) is 19.4 Å². The summed E-state index contributed by atoms with van der Waals surface area (Å²) in [4.78, 5) is 38.4. The van der Waals surface area contributed by atoms with Crippen molar-refractivity contribution < 1.29 is 29.0 Å². The van der Waals surface area contributed by atoms with Gasteiger partial charge >= 0.3 is 17.9 Å². The smallest absolute Gasteiger partial charge is 0.325 e. The highest BCUT2D eigenvalue weighted by Crippen LogP contribution is 2.32. The topological polar surface area (TPSA) is 105 Å². The monoisotopic (exact) mass is 530 g/mol. The minimum atomic E-state index is -1.23. The number of carboxylic acid groups (broad SMARTS) is 1. The number of esters is 2. The lowest BCUT2D eigenvalue weighted by Gasteiger charge is -2.37. The number of nitrogens with one attached hydrogen (secondary N) is 1. The van der Waals surface area contributed by atoms with Crippen molar-refractivity contribution in [2.45, 2.75) is 56.9 Å². The maximum atomic E-state index is 13.2. The number of hydrogen-bond donors (Lipinski definition) is 2. The molecule has 0 bridgehead atoms. The molecule has 3 aromatic rings. The number of ether oxygens (including phenoxy) is 2. The van der Waals surface area contributed by atoms with Crippen LogP contribution in [0.5, 0.6) is 0 Å². The second kappa shape index (κ2) is 13.7. The molecule has 0 aliphatic carbocycles. The minimum Gasteiger partial charge on any atom is -0.480 e. The quantitative estimate of drug-likeness (QED) is 0.316. The highest BCUT2D eigenvalue weighted by molar-refractivity contribution is 5.80. The highest BCUT2D eigenvalue weighted by Gasteiger charge is 2.49. The van der Waals surface area contributed by atoms with Crippen molar-refractivity contribution in [3.8, 4) is 0 Å². The standard InChI is InChI=1S/C31H34N2O6/c34-28(38-22-25-13-6-2-7-14-25)18-17-27(29(35)39-23-26-15-8-3-9-16-26)32-33-20-10-19-31(33,30(36)37)21-24-11-4-1-5-12-24/h1-9,11-16,27,32H,10,17-23H2,(H,36,37)/t27-,31+/m0/s1. The molecule has 4 rings (SSSR count).